The third kappa shape index (κ3) is 6.75. The predicted molar refractivity (Wildman–Crippen MR) is 140 cm³/mol. The number of guanidine groups is 1. The van der Waals surface area contributed by atoms with Crippen LogP contribution in [0.2, 0.25) is 0 Å². The quantitative estimate of drug-likeness (QED) is 0.310. The lowest BCUT2D eigenvalue weighted by Crippen LogP contribution is -2.48. The first kappa shape index (κ1) is 25.6. The molecule has 1 atom stereocenters. The monoisotopic (exact) mass is 569 g/mol. The summed E-state index contributed by atoms with van der Waals surface area (Å²) < 4.78 is 19.6. The van der Waals surface area contributed by atoms with Gasteiger partial charge in [0.15, 0.2) is 17.5 Å². The van der Waals surface area contributed by atoms with Gasteiger partial charge >= 0.3 is 0 Å². The number of aromatic nitrogens is 2. The summed E-state index contributed by atoms with van der Waals surface area (Å²) in [5.41, 5.74) is 2.20. The molecule has 2 heterocycles. The largest absolute Gasteiger partial charge is 0.493 e. The number of morpholine rings is 1. The molecule has 9 heteroatoms. The molecule has 2 aromatic rings. The van der Waals surface area contributed by atoms with E-state index in [2.05, 4.69) is 34.4 Å². The van der Waals surface area contributed by atoms with Crippen molar-refractivity contribution in [2.45, 2.75) is 51.4 Å². The highest BCUT2D eigenvalue weighted by molar-refractivity contribution is 14.0. The molecule has 1 aliphatic carbocycles. The SMILES string of the molecule is CCNC(=NCc1ccc(OC)c(OC2CCCC2)c1)N1CCOC(c2cnn(C)c2)C1.I. The van der Waals surface area contributed by atoms with Crippen molar-refractivity contribution in [3.63, 3.8) is 0 Å². The fourth-order valence-electron chi connectivity index (χ4n) is 4.34. The van der Waals surface area contributed by atoms with E-state index < -0.39 is 0 Å². The summed E-state index contributed by atoms with van der Waals surface area (Å²) in [5, 5.41) is 7.72. The number of ether oxygens (including phenoxy) is 3. The van der Waals surface area contributed by atoms with Gasteiger partial charge in [0.2, 0.25) is 0 Å². The number of benzene rings is 1. The lowest BCUT2D eigenvalue weighted by molar-refractivity contribution is -0.00805. The van der Waals surface area contributed by atoms with Crippen LogP contribution in [0.5, 0.6) is 11.5 Å². The normalized spacial score (nSPS) is 19.3. The highest BCUT2D eigenvalue weighted by Gasteiger charge is 2.25. The molecule has 8 nitrogen and oxygen atoms in total. The lowest BCUT2D eigenvalue weighted by Gasteiger charge is -2.34. The topological polar surface area (TPSA) is 73.1 Å². The van der Waals surface area contributed by atoms with E-state index in [1.54, 1.807) is 7.11 Å². The van der Waals surface area contributed by atoms with Gasteiger partial charge in [0.05, 0.1) is 39.1 Å². The fraction of sp³-hybridized carbons (Fsp3) is 0.583. The van der Waals surface area contributed by atoms with Gasteiger partial charge in [0.25, 0.3) is 0 Å². The number of nitrogens with one attached hydrogen (secondary N) is 1. The van der Waals surface area contributed by atoms with Gasteiger partial charge in [0, 0.05) is 31.9 Å². The van der Waals surface area contributed by atoms with Gasteiger partial charge in [-0.3, -0.25) is 4.68 Å². The first-order valence-electron chi connectivity index (χ1n) is 11.6. The van der Waals surface area contributed by atoms with E-state index in [-0.39, 0.29) is 36.2 Å². The van der Waals surface area contributed by atoms with Crippen molar-refractivity contribution in [3.8, 4) is 11.5 Å². The maximum absolute atomic E-state index is 6.25. The van der Waals surface area contributed by atoms with Crippen LogP contribution < -0.4 is 14.8 Å². The molecule has 0 spiro atoms. The highest BCUT2D eigenvalue weighted by Crippen LogP contribution is 2.32. The van der Waals surface area contributed by atoms with Crippen molar-refractivity contribution in [2.24, 2.45) is 12.0 Å². The molecular weight excluding hydrogens is 533 g/mol. The minimum absolute atomic E-state index is 0. The Kier molecular flexibility index (Phi) is 9.66. The van der Waals surface area contributed by atoms with Crippen LogP contribution in [-0.4, -0.2) is 60.1 Å². The Hall–Kier alpha value is -2.01. The average Bonchev–Trinajstić information content (AvgIpc) is 3.49. The molecule has 1 aromatic heterocycles. The summed E-state index contributed by atoms with van der Waals surface area (Å²) in [6, 6.07) is 6.11. The molecular formula is C24H36IN5O3. The van der Waals surface area contributed by atoms with E-state index in [1.807, 2.05) is 30.2 Å². The molecule has 1 saturated carbocycles. The molecule has 1 aliphatic heterocycles. The summed E-state index contributed by atoms with van der Waals surface area (Å²) in [6.45, 7) is 5.69. The van der Waals surface area contributed by atoms with Crippen LogP contribution in [-0.2, 0) is 18.3 Å². The van der Waals surface area contributed by atoms with Crippen LogP contribution in [0.3, 0.4) is 0 Å². The number of halogens is 1. The van der Waals surface area contributed by atoms with E-state index in [9.17, 15) is 0 Å². The second-order valence-electron chi connectivity index (χ2n) is 8.43. The zero-order valence-corrected chi connectivity index (χ0v) is 22.2. The molecule has 0 bridgehead atoms. The third-order valence-corrected chi connectivity index (χ3v) is 6.03. The van der Waals surface area contributed by atoms with E-state index in [1.165, 1.54) is 12.8 Å². The van der Waals surface area contributed by atoms with Crippen molar-refractivity contribution in [2.75, 3.05) is 33.4 Å². The Morgan fingerprint density at radius 1 is 1.27 bits per heavy atom. The van der Waals surface area contributed by atoms with Crippen LogP contribution in [0, 0.1) is 0 Å². The smallest absolute Gasteiger partial charge is 0.194 e. The first-order valence-corrected chi connectivity index (χ1v) is 11.6. The number of aliphatic imine (C=N–C) groups is 1. The number of rotatable bonds is 7. The second kappa shape index (κ2) is 12.5. The number of aryl methyl sites for hydroxylation is 1. The molecule has 4 rings (SSSR count). The van der Waals surface area contributed by atoms with Gasteiger partial charge in [-0.15, -0.1) is 24.0 Å². The Bertz CT molecular complexity index is 913. The zero-order chi connectivity index (χ0) is 22.3. The zero-order valence-electron chi connectivity index (χ0n) is 19.8. The van der Waals surface area contributed by atoms with Gasteiger partial charge in [-0.05, 0) is 50.3 Å². The Morgan fingerprint density at radius 3 is 2.79 bits per heavy atom. The van der Waals surface area contributed by atoms with Crippen LogP contribution in [0.15, 0.2) is 35.6 Å². The van der Waals surface area contributed by atoms with Crippen LogP contribution >= 0.6 is 24.0 Å². The third-order valence-electron chi connectivity index (χ3n) is 6.03. The minimum Gasteiger partial charge on any atom is -0.493 e. The van der Waals surface area contributed by atoms with Crippen molar-refractivity contribution in [1.82, 2.24) is 20.0 Å². The van der Waals surface area contributed by atoms with Crippen molar-refractivity contribution in [1.29, 1.82) is 0 Å². The summed E-state index contributed by atoms with van der Waals surface area (Å²) in [4.78, 5) is 7.20. The summed E-state index contributed by atoms with van der Waals surface area (Å²) in [5.74, 6) is 2.50. The van der Waals surface area contributed by atoms with Gasteiger partial charge in [-0.2, -0.15) is 5.10 Å². The fourth-order valence-corrected chi connectivity index (χ4v) is 4.34. The van der Waals surface area contributed by atoms with E-state index in [0.29, 0.717) is 13.2 Å². The van der Waals surface area contributed by atoms with Gasteiger partial charge < -0.3 is 24.4 Å². The lowest BCUT2D eigenvalue weighted by atomic mass is 10.1. The van der Waals surface area contributed by atoms with Gasteiger partial charge in [0.1, 0.15) is 6.10 Å². The summed E-state index contributed by atoms with van der Waals surface area (Å²) in [6.07, 6.45) is 8.89. The number of methoxy groups -OCH3 is 1. The van der Waals surface area contributed by atoms with Crippen LogP contribution in [0.4, 0.5) is 0 Å². The standard InChI is InChI=1S/C24H35N5O3.HI/c1-4-25-24(29-11-12-31-23(17-29)19-15-27-28(2)16-19)26-14-18-9-10-21(30-3)22(13-18)32-20-7-5-6-8-20;/h9-10,13,15-16,20,23H,4-8,11-12,14,17H2,1-3H3,(H,25,26);1H. The molecule has 1 aromatic carbocycles. The second-order valence-corrected chi connectivity index (χ2v) is 8.43. The number of nitrogens with zero attached hydrogens (tertiary/aromatic N) is 4. The van der Waals surface area contributed by atoms with E-state index in [4.69, 9.17) is 19.2 Å². The maximum Gasteiger partial charge on any atom is 0.194 e. The molecule has 1 saturated heterocycles. The summed E-state index contributed by atoms with van der Waals surface area (Å²) >= 11 is 0. The molecule has 1 unspecified atom stereocenters. The summed E-state index contributed by atoms with van der Waals surface area (Å²) in [7, 11) is 3.62. The van der Waals surface area contributed by atoms with Crippen molar-refractivity contribution >= 4 is 29.9 Å². The first-order chi connectivity index (χ1) is 15.7. The number of hydrogen-bond donors (Lipinski definition) is 1. The Morgan fingerprint density at radius 2 is 2.09 bits per heavy atom. The Balaban J connectivity index is 0.00000306. The molecule has 2 fully saturated rings. The maximum atomic E-state index is 6.25. The molecule has 2 aliphatic rings. The van der Waals surface area contributed by atoms with Crippen LogP contribution in [0.25, 0.3) is 0 Å². The van der Waals surface area contributed by atoms with E-state index >= 15 is 0 Å². The van der Waals surface area contributed by atoms with Gasteiger partial charge in [-0.1, -0.05) is 6.07 Å². The minimum atomic E-state index is -0.00583. The van der Waals surface area contributed by atoms with Crippen LogP contribution in [0.1, 0.15) is 49.8 Å². The molecule has 33 heavy (non-hydrogen) atoms. The molecule has 0 amide bonds. The van der Waals surface area contributed by atoms with Gasteiger partial charge in [-0.25, -0.2) is 4.99 Å². The average molecular weight is 569 g/mol. The molecule has 0 radical (unpaired) electrons. The van der Waals surface area contributed by atoms with Crippen molar-refractivity contribution < 1.29 is 14.2 Å². The molecule has 182 valence electrons. The van der Waals surface area contributed by atoms with E-state index in [0.717, 1.165) is 61.1 Å². The number of hydrogen-bond acceptors (Lipinski definition) is 5. The van der Waals surface area contributed by atoms with Crippen molar-refractivity contribution in [3.05, 3.63) is 41.7 Å². The predicted octanol–water partition coefficient (Wildman–Crippen LogP) is 3.91. The molecule has 1 N–H and O–H groups in total. The highest BCUT2D eigenvalue weighted by atomic mass is 127. The Labute approximate surface area is 213 Å².